The van der Waals surface area contributed by atoms with Crippen molar-refractivity contribution in [3.63, 3.8) is 0 Å². The number of carbonyl (C=O) groups excluding carboxylic acids is 1. The lowest BCUT2D eigenvalue weighted by Crippen LogP contribution is -2.42. The molecule has 0 saturated carbocycles. The molecule has 0 saturated heterocycles. The predicted molar refractivity (Wildman–Crippen MR) is 78.7 cm³/mol. The fourth-order valence-electron chi connectivity index (χ4n) is 2.55. The van der Waals surface area contributed by atoms with Gasteiger partial charge >= 0.3 is 0 Å². The van der Waals surface area contributed by atoms with Crippen LogP contribution in [-0.2, 0) is 16.5 Å². The van der Waals surface area contributed by atoms with Gasteiger partial charge in [-0.05, 0) is 23.8 Å². The van der Waals surface area contributed by atoms with Gasteiger partial charge in [0.1, 0.15) is 0 Å². The van der Waals surface area contributed by atoms with Gasteiger partial charge in [0.05, 0.1) is 0 Å². The first-order valence-electron chi connectivity index (χ1n) is 6.41. The van der Waals surface area contributed by atoms with E-state index in [2.05, 4.69) is 0 Å². The maximum atomic E-state index is 12.6. The Kier molecular flexibility index (Phi) is 3.27. The lowest BCUT2D eigenvalue weighted by Gasteiger charge is -2.23. The molecular formula is C15H13NO4S. The lowest BCUT2D eigenvalue weighted by molar-refractivity contribution is 0.0985. The zero-order chi connectivity index (χ0) is 15.0. The summed E-state index contributed by atoms with van der Waals surface area (Å²) in [6.07, 6.45) is 0.0909. The summed E-state index contributed by atoms with van der Waals surface area (Å²) in [6, 6.07) is 15.4. The number of amides is 1. The van der Waals surface area contributed by atoms with Crippen LogP contribution in [0, 0.1) is 0 Å². The molecule has 0 aliphatic carbocycles. The van der Waals surface area contributed by atoms with Crippen LogP contribution in [-0.4, -0.2) is 24.3 Å². The van der Waals surface area contributed by atoms with Gasteiger partial charge in [-0.15, -0.1) is 0 Å². The summed E-state index contributed by atoms with van der Waals surface area (Å²) in [7, 11) is -4.37. The minimum atomic E-state index is -4.37. The Balaban J connectivity index is 2.10. The fourth-order valence-corrected chi connectivity index (χ4v) is 3.42. The van der Waals surface area contributed by atoms with Crippen molar-refractivity contribution in [2.45, 2.75) is 11.8 Å². The Bertz CT molecular complexity index is 786. The highest BCUT2D eigenvalue weighted by Gasteiger charge is 2.41. The van der Waals surface area contributed by atoms with Crippen LogP contribution in [0.2, 0.25) is 0 Å². The second-order valence-corrected chi connectivity index (χ2v) is 6.42. The van der Waals surface area contributed by atoms with Crippen LogP contribution in [0.5, 0.6) is 0 Å². The van der Waals surface area contributed by atoms with Crippen LogP contribution >= 0.6 is 0 Å². The average molecular weight is 303 g/mol. The molecule has 0 unspecified atom stereocenters. The molecule has 21 heavy (non-hydrogen) atoms. The van der Waals surface area contributed by atoms with Gasteiger partial charge in [-0.2, -0.15) is 8.42 Å². The van der Waals surface area contributed by atoms with Crippen LogP contribution in [0.4, 0.5) is 5.69 Å². The summed E-state index contributed by atoms with van der Waals surface area (Å²) in [5.74, 6) is -0.442. The first-order chi connectivity index (χ1) is 9.98. The molecule has 1 heterocycles. The molecule has 6 heteroatoms. The largest absolute Gasteiger partial charge is 0.288 e. The molecule has 2 aromatic rings. The van der Waals surface area contributed by atoms with Gasteiger partial charge in [-0.25, -0.2) is 0 Å². The number of nitrogens with zero attached hydrogens (tertiary/aromatic N) is 1. The molecule has 2 aromatic carbocycles. The molecule has 0 spiro atoms. The number of benzene rings is 2. The van der Waals surface area contributed by atoms with Crippen molar-refractivity contribution in [3.05, 3.63) is 65.7 Å². The highest BCUT2D eigenvalue weighted by Crippen LogP contribution is 2.35. The van der Waals surface area contributed by atoms with Gasteiger partial charge in [0, 0.05) is 17.7 Å². The molecule has 1 aliphatic heterocycles. The van der Waals surface area contributed by atoms with Crippen LogP contribution in [0.25, 0.3) is 0 Å². The summed E-state index contributed by atoms with van der Waals surface area (Å²) in [5.41, 5.74) is 1.63. The SMILES string of the molecule is O=C(c1ccccc1)N1c2ccccc2C[C@H]1S(=O)(=O)O. The number of hydrogen-bond donors (Lipinski definition) is 1. The standard InChI is InChI=1S/C15H13NO4S/c17-15(11-6-2-1-3-7-11)16-13-9-5-4-8-12(13)10-14(16)21(18,19)20/h1-9,14H,10H2,(H,18,19,20)/t14-/m1/s1. The average Bonchev–Trinajstić information content (AvgIpc) is 2.87. The molecule has 3 rings (SSSR count). The maximum absolute atomic E-state index is 12.6. The van der Waals surface area contributed by atoms with E-state index in [1.807, 2.05) is 0 Å². The molecule has 0 aromatic heterocycles. The van der Waals surface area contributed by atoms with Gasteiger partial charge in [0.15, 0.2) is 5.37 Å². The van der Waals surface area contributed by atoms with Gasteiger partial charge in [0.25, 0.3) is 16.0 Å². The monoisotopic (exact) mass is 303 g/mol. The maximum Gasteiger partial charge on any atom is 0.287 e. The minimum Gasteiger partial charge on any atom is -0.288 e. The van der Waals surface area contributed by atoms with Crippen molar-refractivity contribution in [3.8, 4) is 0 Å². The predicted octanol–water partition coefficient (Wildman–Crippen LogP) is 2.10. The van der Waals surface area contributed by atoms with Crippen LogP contribution in [0.15, 0.2) is 54.6 Å². The van der Waals surface area contributed by atoms with E-state index in [0.29, 0.717) is 11.3 Å². The van der Waals surface area contributed by atoms with Crippen LogP contribution in [0.1, 0.15) is 15.9 Å². The number of carbonyl (C=O) groups is 1. The molecular weight excluding hydrogens is 290 g/mol. The number of hydrogen-bond acceptors (Lipinski definition) is 3. The fraction of sp³-hybridized carbons (Fsp3) is 0.133. The van der Waals surface area contributed by atoms with Crippen molar-refractivity contribution >= 4 is 21.7 Å². The van der Waals surface area contributed by atoms with E-state index in [4.69, 9.17) is 0 Å². The van der Waals surface area contributed by atoms with Crippen molar-refractivity contribution in [2.24, 2.45) is 0 Å². The Morgan fingerprint density at radius 3 is 2.33 bits per heavy atom. The van der Waals surface area contributed by atoms with Crippen LogP contribution in [0.3, 0.4) is 0 Å². The topological polar surface area (TPSA) is 74.7 Å². The molecule has 1 aliphatic rings. The molecule has 0 fully saturated rings. The van der Waals surface area contributed by atoms with E-state index in [1.54, 1.807) is 54.6 Å². The van der Waals surface area contributed by atoms with E-state index >= 15 is 0 Å². The van der Waals surface area contributed by atoms with Gasteiger partial charge in [0.2, 0.25) is 0 Å². The Hall–Kier alpha value is -2.18. The molecule has 1 N–H and O–H groups in total. The third-order valence-corrected chi connectivity index (χ3v) is 4.58. The molecule has 108 valence electrons. The summed E-state index contributed by atoms with van der Waals surface area (Å²) >= 11 is 0. The quantitative estimate of drug-likeness (QED) is 0.862. The lowest BCUT2D eigenvalue weighted by atomic mass is 10.1. The number of para-hydroxylation sites is 1. The van der Waals surface area contributed by atoms with Crippen molar-refractivity contribution in [1.82, 2.24) is 0 Å². The molecule has 1 amide bonds. The third kappa shape index (κ3) is 2.43. The van der Waals surface area contributed by atoms with E-state index in [9.17, 15) is 17.8 Å². The number of fused-ring (bicyclic) bond motifs is 1. The Labute approximate surface area is 122 Å². The van der Waals surface area contributed by atoms with E-state index < -0.39 is 21.4 Å². The normalized spacial score (nSPS) is 17.6. The van der Waals surface area contributed by atoms with Crippen molar-refractivity contribution in [2.75, 3.05) is 4.90 Å². The zero-order valence-electron chi connectivity index (χ0n) is 11.0. The summed E-state index contributed by atoms with van der Waals surface area (Å²) < 4.78 is 32.7. The van der Waals surface area contributed by atoms with Crippen molar-refractivity contribution < 1.29 is 17.8 Å². The molecule has 1 atom stereocenters. The smallest absolute Gasteiger partial charge is 0.287 e. The summed E-state index contributed by atoms with van der Waals surface area (Å²) in [5, 5.41) is -1.28. The minimum absolute atomic E-state index is 0.0909. The highest BCUT2D eigenvalue weighted by molar-refractivity contribution is 7.86. The highest BCUT2D eigenvalue weighted by atomic mass is 32.2. The van der Waals surface area contributed by atoms with Gasteiger partial charge in [-0.1, -0.05) is 36.4 Å². The second-order valence-electron chi connectivity index (χ2n) is 4.84. The summed E-state index contributed by atoms with van der Waals surface area (Å²) in [6.45, 7) is 0. The molecule has 0 bridgehead atoms. The molecule has 0 radical (unpaired) electrons. The van der Waals surface area contributed by atoms with E-state index in [0.717, 1.165) is 10.5 Å². The van der Waals surface area contributed by atoms with Crippen LogP contribution < -0.4 is 4.90 Å². The van der Waals surface area contributed by atoms with Gasteiger partial charge < -0.3 is 0 Å². The third-order valence-electron chi connectivity index (χ3n) is 3.52. The zero-order valence-corrected chi connectivity index (χ0v) is 11.8. The van der Waals surface area contributed by atoms with E-state index in [-0.39, 0.29) is 6.42 Å². The molecule has 5 nitrogen and oxygen atoms in total. The summed E-state index contributed by atoms with van der Waals surface area (Å²) in [4.78, 5) is 13.8. The number of anilines is 1. The first-order valence-corrected chi connectivity index (χ1v) is 7.91. The van der Waals surface area contributed by atoms with Crippen molar-refractivity contribution in [1.29, 1.82) is 0 Å². The Morgan fingerprint density at radius 2 is 1.67 bits per heavy atom. The number of rotatable bonds is 2. The second kappa shape index (κ2) is 4.98. The first kappa shape index (κ1) is 13.8. The Morgan fingerprint density at radius 1 is 1.05 bits per heavy atom. The van der Waals surface area contributed by atoms with Gasteiger partial charge in [-0.3, -0.25) is 14.2 Å². The van der Waals surface area contributed by atoms with E-state index in [1.165, 1.54) is 0 Å².